The van der Waals surface area contributed by atoms with Crippen molar-refractivity contribution in [3.05, 3.63) is 34.8 Å². The van der Waals surface area contributed by atoms with E-state index in [-0.39, 0.29) is 18.1 Å². The van der Waals surface area contributed by atoms with E-state index < -0.39 is 0 Å². The third-order valence-corrected chi connectivity index (χ3v) is 1.94. The Kier molecular flexibility index (Phi) is 2.53. The Labute approximate surface area is 76.0 Å². The lowest BCUT2D eigenvalue weighted by Crippen LogP contribution is -2.30. The predicted octanol–water partition coefficient (Wildman–Crippen LogP) is 0.469. The highest BCUT2D eigenvalue weighted by molar-refractivity contribution is 5.54. The van der Waals surface area contributed by atoms with E-state index in [0.29, 0.717) is 15.9 Å². The van der Waals surface area contributed by atoms with Crippen molar-refractivity contribution >= 4 is 6.08 Å². The molecule has 1 aromatic heterocycles. The van der Waals surface area contributed by atoms with Crippen molar-refractivity contribution < 1.29 is 14.9 Å². The van der Waals surface area contributed by atoms with Gasteiger partial charge in [0, 0.05) is 18.1 Å². The van der Waals surface area contributed by atoms with E-state index >= 15 is 0 Å². The Morgan fingerprint density at radius 1 is 1.69 bits per heavy atom. The summed E-state index contributed by atoms with van der Waals surface area (Å²) in [6, 6.07) is 0. The molecule has 4 heteroatoms. The zero-order valence-electron chi connectivity index (χ0n) is 7.32. The molecule has 1 rings (SSSR count). The summed E-state index contributed by atoms with van der Waals surface area (Å²) >= 11 is 0. The van der Waals surface area contributed by atoms with Crippen molar-refractivity contribution in [2.75, 3.05) is 0 Å². The van der Waals surface area contributed by atoms with Crippen molar-refractivity contribution in [2.45, 2.75) is 13.5 Å². The second-order valence-electron chi connectivity index (χ2n) is 2.69. The summed E-state index contributed by atoms with van der Waals surface area (Å²) in [5.74, 6) is -0.171. The van der Waals surface area contributed by atoms with Gasteiger partial charge in [-0.05, 0) is 0 Å². The molecule has 13 heavy (non-hydrogen) atoms. The second kappa shape index (κ2) is 3.45. The van der Waals surface area contributed by atoms with Gasteiger partial charge in [0.1, 0.15) is 0 Å². The Bertz CT molecular complexity index is 347. The number of nitrogens with zero attached hydrogens (tertiary/aromatic N) is 1. The fourth-order valence-electron chi connectivity index (χ4n) is 1.10. The van der Waals surface area contributed by atoms with E-state index in [1.807, 2.05) is 0 Å². The molecular weight excluding hydrogens is 170 g/mol. The molecule has 0 aliphatic heterocycles. The predicted molar refractivity (Wildman–Crippen MR) is 47.8 cm³/mol. The number of aliphatic hydroxyl groups is 1. The molecule has 0 saturated carbocycles. The van der Waals surface area contributed by atoms with Gasteiger partial charge >= 0.3 is 0 Å². The Morgan fingerprint density at radius 3 is 2.77 bits per heavy atom. The van der Waals surface area contributed by atoms with E-state index in [2.05, 4.69) is 6.58 Å². The van der Waals surface area contributed by atoms with Gasteiger partial charge in [-0.1, -0.05) is 12.7 Å². The first-order valence-corrected chi connectivity index (χ1v) is 3.79. The van der Waals surface area contributed by atoms with Crippen molar-refractivity contribution in [3.8, 4) is 5.75 Å². The number of aliphatic hydroxyl groups excluding tert-OH is 1. The van der Waals surface area contributed by atoms with Crippen LogP contribution >= 0.6 is 0 Å². The van der Waals surface area contributed by atoms with E-state index in [9.17, 15) is 10.3 Å². The lowest BCUT2D eigenvalue weighted by molar-refractivity contribution is -0.613. The average Bonchev–Trinajstić information content (AvgIpc) is 2.13. The summed E-state index contributed by atoms with van der Waals surface area (Å²) in [6.45, 7) is 4.65. The minimum absolute atomic E-state index is 0.171. The van der Waals surface area contributed by atoms with Gasteiger partial charge in [-0.3, -0.25) is 0 Å². The van der Waals surface area contributed by atoms with Crippen LogP contribution in [0.2, 0.25) is 0 Å². The molecule has 0 aliphatic carbocycles. The second-order valence-corrected chi connectivity index (χ2v) is 2.69. The average molecular weight is 181 g/mol. The monoisotopic (exact) mass is 181 g/mol. The zero-order chi connectivity index (χ0) is 10.0. The summed E-state index contributed by atoms with van der Waals surface area (Å²) < 4.78 is 0.547. The molecule has 2 N–H and O–H groups in total. The molecule has 0 aromatic carbocycles. The van der Waals surface area contributed by atoms with Crippen molar-refractivity contribution in [2.24, 2.45) is 0 Å². The van der Waals surface area contributed by atoms with Crippen LogP contribution in [-0.2, 0) is 6.61 Å². The van der Waals surface area contributed by atoms with Gasteiger partial charge < -0.3 is 15.4 Å². The maximum absolute atomic E-state index is 11.1. The number of hydrogen-bond donors (Lipinski definition) is 2. The van der Waals surface area contributed by atoms with Gasteiger partial charge in [0.05, 0.1) is 6.61 Å². The molecule has 70 valence electrons. The summed E-state index contributed by atoms with van der Waals surface area (Å²) in [4.78, 5) is 0. The molecule has 0 aliphatic rings. The first-order valence-electron chi connectivity index (χ1n) is 3.79. The third-order valence-electron chi connectivity index (χ3n) is 1.94. The highest BCUT2D eigenvalue weighted by Gasteiger charge is 2.15. The smallest absolute Gasteiger partial charge is 0.231 e. The van der Waals surface area contributed by atoms with E-state index in [1.165, 1.54) is 19.2 Å². The molecule has 4 nitrogen and oxygen atoms in total. The molecule has 1 heterocycles. The molecule has 0 atom stereocenters. The molecule has 0 radical (unpaired) electrons. The molecule has 0 saturated heterocycles. The molecule has 0 bridgehead atoms. The van der Waals surface area contributed by atoms with Crippen LogP contribution in [-0.4, -0.2) is 10.2 Å². The normalized spacial score (nSPS) is 10.0. The van der Waals surface area contributed by atoms with Gasteiger partial charge in [-0.2, -0.15) is 4.73 Å². The largest absolute Gasteiger partial charge is 0.618 e. The Morgan fingerprint density at radius 2 is 2.31 bits per heavy atom. The Balaban J connectivity index is 3.47. The number of aromatic hydroxyl groups is 1. The van der Waals surface area contributed by atoms with Crippen LogP contribution in [0.5, 0.6) is 5.75 Å². The SMILES string of the molecule is C=Cc1c[n+]([O-])c(C)c(O)c1CO. The van der Waals surface area contributed by atoms with Crippen LogP contribution in [0.25, 0.3) is 6.08 Å². The molecule has 1 aromatic rings. The van der Waals surface area contributed by atoms with Crippen LogP contribution < -0.4 is 4.73 Å². The van der Waals surface area contributed by atoms with E-state index in [1.54, 1.807) is 0 Å². The molecular formula is C9H11NO3. The molecule has 0 fully saturated rings. The van der Waals surface area contributed by atoms with Crippen LogP contribution in [0.1, 0.15) is 16.8 Å². The lowest BCUT2D eigenvalue weighted by Gasteiger charge is -2.08. The van der Waals surface area contributed by atoms with Gasteiger partial charge in [0.25, 0.3) is 0 Å². The van der Waals surface area contributed by atoms with Gasteiger partial charge in [0.15, 0.2) is 11.9 Å². The quantitative estimate of drug-likeness (QED) is 0.514. The fraction of sp³-hybridized carbons (Fsp3) is 0.222. The first kappa shape index (κ1) is 9.54. The van der Waals surface area contributed by atoms with Crippen molar-refractivity contribution in [1.29, 1.82) is 0 Å². The number of aromatic nitrogens is 1. The maximum Gasteiger partial charge on any atom is 0.231 e. The summed E-state index contributed by atoms with van der Waals surface area (Å²) in [6.07, 6.45) is 2.69. The van der Waals surface area contributed by atoms with Crippen LogP contribution in [0.4, 0.5) is 0 Å². The summed E-state index contributed by atoms with van der Waals surface area (Å²) in [7, 11) is 0. The highest BCUT2D eigenvalue weighted by atomic mass is 16.5. The maximum atomic E-state index is 11.1. The van der Waals surface area contributed by atoms with Gasteiger partial charge in [-0.25, -0.2) is 0 Å². The van der Waals surface area contributed by atoms with Crippen LogP contribution in [0.3, 0.4) is 0 Å². The van der Waals surface area contributed by atoms with Crippen molar-refractivity contribution in [3.63, 3.8) is 0 Å². The first-order chi connectivity index (χ1) is 6.11. The van der Waals surface area contributed by atoms with Gasteiger partial charge in [-0.15, -0.1) is 0 Å². The highest BCUT2D eigenvalue weighted by Crippen LogP contribution is 2.22. The van der Waals surface area contributed by atoms with E-state index in [4.69, 9.17) is 5.11 Å². The standard InChI is InChI=1S/C9H11NO3/c1-3-7-4-10(13)6(2)9(12)8(7)5-11/h3-4,11-12H,1,5H2,2H3. The molecule has 0 amide bonds. The minimum atomic E-state index is -0.311. The zero-order valence-corrected chi connectivity index (χ0v) is 7.32. The van der Waals surface area contributed by atoms with E-state index in [0.717, 1.165) is 0 Å². The van der Waals surface area contributed by atoms with Gasteiger partial charge in [0.2, 0.25) is 5.69 Å². The minimum Gasteiger partial charge on any atom is -0.618 e. The Hall–Kier alpha value is -1.55. The number of hydrogen-bond acceptors (Lipinski definition) is 3. The number of pyridine rings is 1. The van der Waals surface area contributed by atoms with Crippen molar-refractivity contribution in [1.82, 2.24) is 0 Å². The fourth-order valence-corrected chi connectivity index (χ4v) is 1.10. The summed E-state index contributed by atoms with van der Waals surface area (Å²) in [5.41, 5.74) is 0.954. The number of rotatable bonds is 2. The van der Waals surface area contributed by atoms with Crippen LogP contribution in [0, 0.1) is 12.1 Å². The lowest BCUT2D eigenvalue weighted by atomic mass is 10.1. The van der Waals surface area contributed by atoms with Crippen LogP contribution in [0.15, 0.2) is 12.8 Å². The summed E-state index contributed by atoms with van der Waals surface area (Å²) in [5, 5.41) is 29.5. The molecule has 0 unspecified atom stereocenters. The molecule has 0 spiro atoms. The third kappa shape index (κ3) is 1.48. The topological polar surface area (TPSA) is 67.4 Å².